The molecule has 1 aliphatic rings. The molecule has 0 saturated heterocycles. The van der Waals surface area contributed by atoms with Crippen LogP contribution in [0.15, 0.2) is 18.5 Å². The quantitative estimate of drug-likeness (QED) is 0.770. The van der Waals surface area contributed by atoms with Crippen LogP contribution in [0, 0.1) is 5.92 Å². The molecule has 1 aromatic heterocycles. The number of hydrogen-bond acceptors (Lipinski definition) is 4. The van der Waals surface area contributed by atoms with Crippen molar-refractivity contribution >= 4 is 36.6 Å². The smallest absolute Gasteiger partial charge is 0.247 e. The van der Waals surface area contributed by atoms with E-state index in [9.17, 15) is 9.59 Å². The molecule has 0 radical (unpaired) electrons. The third kappa shape index (κ3) is 5.65. The number of hydrogen-bond donors (Lipinski definition) is 2. The van der Waals surface area contributed by atoms with Crippen molar-refractivity contribution in [2.24, 2.45) is 11.7 Å². The zero-order valence-corrected chi connectivity index (χ0v) is 15.7. The van der Waals surface area contributed by atoms with Crippen molar-refractivity contribution < 1.29 is 9.59 Å². The Morgan fingerprint density at radius 1 is 1.42 bits per heavy atom. The van der Waals surface area contributed by atoms with Crippen LogP contribution in [0.4, 0.5) is 0 Å². The van der Waals surface area contributed by atoms with Gasteiger partial charge in [0.1, 0.15) is 6.04 Å². The average Bonchev–Trinajstić information content (AvgIpc) is 3.16. The van der Waals surface area contributed by atoms with Crippen LogP contribution in [-0.2, 0) is 9.59 Å². The van der Waals surface area contributed by atoms with E-state index in [4.69, 9.17) is 5.73 Å². The molecule has 1 aliphatic carbocycles. The Kier molecular flexibility index (Phi) is 9.96. The van der Waals surface area contributed by atoms with Crippen molar-refractivity contribution in [3.8, 4) is 0 Å². The molecule has 24 heavy (non-hydrogen) atoms. The van der Waals surface area contributed by atoms with Crippen molar-refractivity contribution in [1.29, 1.82) is 0 Å². The molecular formula is C15H27Cl2N5O2. The van der Waals surface area contributed by atoms with Gasteiger partial charge >= 0.3 is 0 Å². The van der Waals surface area contributed by atoms with E-state index in [2.05, 4.69) is 10.4 Å². The topological polar surface area (TPSA) is 93.3 Å². The van der Waals surface area contributed by atoms with Gasteiger partial charge in [0.25, 0.3) is 0 Å². The van der Waals surface area contributed by atoms with Gasteiger partial charge in [-0.15, -0.1) is 24.8 Å². The maximum Gasteiger partial charge on any atom is 0.247 e. The molecule has 138 valence electrons. The highest BCUT2D eigenvalue weighted by atomic mass is 35.5. The summed E-state index contributed by atoms with van der Waals surface area (Å²) in [6.45, 7) is 2.42. The Morgan fingerprint density at radius 2 is 2.12 bits per heavy atom. The second-order valence-electron chi connectivity index (χ2n) is 5.96. The molecule has 1 saturated carbocycles. The number of nitrogens with two attached hydrogens (primary N) is 1. The van der Waals surface area contributed by atoms with Crippen LogP contribution in [0.3, 0.4) is 0 Å². The van der Waals surface area contributed by atoms with Crippen LogP contribution in [0.5, 0.6) is 0 Å². The van der Waals surface area contributed by atoms with Crippen LogP contribution in [0.25, 0.3) is 0 Å². The molecule has 3 N–H and O–H groups in total. The number of likely N-dealkylation sites (N-methyl/N-ethyl adjacent to an activating group) is 1. The summed E-state index contributed by atoms with van der Waals surface area (Å²) in [5, 5.41) is 7.06. The number of rotatable bonds is 6. The Hall–Kier alpha value is -1.31. The molecule has 3 unspecified atom stereocenters. The summed E-state index contributed by atoms with van der Waals surface area (Å²) in [7, 11) is 1.64. The first-order chi connectivity index (χ1) is 10.5. The third-order valence-corrected chi connectivity index (χ3v) is 4.34. The van der Waals surface area contributed by atoms with E-state index in [1.165, 1.54) is 4.90 Å². The van der Waals surface area contributed by atoms with Crippen molar-refractivity contribution in [3.05, 3.63) is 18.5 Å². The zero-order chi connectivity index (χ0) is 16.1. The van der Waals surface area contributed by atoms with Crippen LogP contribution >= 0.6 is 24.8 Å². The highest BCUT2D eigenvalue weighted by Gasteiger charge is 2.28. The summed E-state index contributed by atoms with van der Waals surface area (Å²) in [4.78, 5) is 25.9. The van der Waals surface area contributed by atoms with Crippen molar-refractivity contribution in [3.63, 3.8) is 0 Å². The van der Waals surface area contributed by atoms with Gasteiger partial charge in [-0.2, -0.15) is 5.10 Å². The highest BCUT2D eigenvalue weighted by Crippen LogP contribution is 2.24. The van der Waals surface area contributed by atoms with Gasteiger partial charge in [0.05, 0.1) is 6.54 Å². The molecule has 9 heteroatoms. The maximum absolute atomic E-state index is 12.3. The number of carbonyl (C=O) groups is 2. The van der Waals surface area contributed by atoms with Gasteiger partial charge in [0, 0.05) is 25.5 Å². The summed E-state index contributed by atoms with van der Waals surface area (Å²) in [5.74, 6) is 0.0856. The molecule has 0 aliphatic heterocycles. The van der Waals surface area contributed by atoms with Gasteiger partial charge in [0.2, 0.25) is 11.8 Å². The van der Waals surface area contributed by atoms with Crippen molar-refractivity contribution in [2.45, 2.75) is 38.3 Å². The van der Waals surface area contributed by atoms with E-state index in [0.29, 0.717) is 12.5 Å². The number of amides is 2. The lowest BCUT2D eigenvalue weighted by Gasteiger charge is -2.24. The largest absolute Gasteiger partial charge is 0.352 e. The van der Waals surface area contributed by atoms with E-state index in [1.807, 2.05) is 0 Å². The fourth-order valence-electron chi connectivity index (χ4n) is 3.00. The molecule has 2 amide bonds. The Bertz CT molecular complexity index is 512. The second-order valence-corrected chi connectivity index (χ2v) is 5.96. The van der Waals surface area contributed by atoms with E-state index in [0.717, 1.165) is 19.3 Å². The van der Waals surface area contributed by atoms with Gasteiger partial charge in [-0.3, -0.25) is 14.3 Å². The molecule has 0 spiro atoms. The minimum Gasteiger partial charge on any atom is -0.352 e. The highest BCUT2D eigenvalue weighted by molar-refractivity contribution is 5.86. The molecule has 7 nitrogen and oxygen atoms in total. The van der Waals surface area contributed by atoms with Crippen LogP contribution in [0.2, 0.25) is 0 Å². The number of nitrogens with zero attached hydrogens (tertiary/aromatic N) is 3. The second kappa shape index (κ2) is 10.5. The average molecular weight is 380 g/mol. The molecule has 2 rings (SSSR count). The summed E-state index contributed by atoms with van der Waals surface area (Å²) < 4.78 is 1.58. The van der Waals surface area contributed by atoms with Crippen LogP contribution in [-0.4, -0.2) is 52.7 Å². The molecule has 3 atom stereocenters. The molecule has 0 bridgehead atoms. The van der Waals surface area contributed by atoms with Gasteiger partial charge in [-0.25, -0.2) is 0 Å². The van der Waals surface area contributed by atoms with Crippen LogP contribution in [0.1, 0.15) is 32.2 Å². The summed E-state index contributed by atoms with van der Waals surface area (Å²) in [6.07, 6.45) is 6.49. The molecule has 0 aromatic carbocycles. The normalized spacial score (nSPS) is 20.5. The molecule has 1 heterocycles. The predicted octanol–water partition coefficient (Wildman–Crippen LogP) is 0.990. The van der Waals surface area contributed by atoms with Gasteiger partial charge < -0.3 is 16.0 Å². The predicted molar refractivity (Wildman–Crippen MR) is 97.4 cm³/mol. The SMILES string of the molecule is CC(C(=O)N(C)CC(=O)NC1CCCC1CN)n1cccn1.Cl.Cl. The zero-order valence-electron chi connectivity index (χ0n) is 14.1. The first kappa shape index (κ1) is 22.7. The van der Waals surface area contributed by atoms with Gasteiger partial charge in [-0.1, -0.05) is 6.42 Å². The number of aromatic nitrogens is 2. The van der Waals surface area contributed by atoms with Crippen molar-refractivity contribution in [2.75, 3.05) is 20.1 Å². The molecular weight excluding hydrogens is 353 g/mol. The summed E-state index contributed by atoms with van der Waals surface area (Å²) in [5.41, 5.74) is 5.72. The summed E-state index contributed by atoms with van der Waals surface area (Å²) in [6, 6.07) is 1.49. The lowest BCUT2D eigenvalue weighted by atomic mass is 10.0. The first-order valence-electron chi connectivity index (χ1n) is 7.76. The van der Waals surface area contributed by atoms with Crippen molar-refractivity contribution in [1.82, 2.24) is 20.0 Å². The number of carbonyl (C=O) groups excluding carboxylic acids is 2. The Labute approximate surface area is 155 Å². The molecule has 1 aromatic rings. The van der Waals surface area contributed by atoms with Crippen LogP contribution < -0.4 is 11.1 Å². The Balaban J connectivity index is 0.00000264. The number of halogens is 2. The van der Waals surface area contributed by atoms with Gasteiger partial charge in [0.15, 0.2) is 0 Å². The minimum atomic E-state index is -0.420. The lowest BCUT2D eigenvalue weighted by molar-refractivity contribution is -0.137. The van der Waals surface area contributed by atoms with Gasteiger partial charge in [-0.05, 0) is 38.3 Å². The summed E-state index contributed by atoms with van der Waals surface area (Å²) >= 11 is 0. The third-order valence-electron chi connectivity index (χ3n) is 4.34. The fourth-order valence-corrected chi connectivity index (χ4v) is 3.00. The number of nitrogens with one attached hydrogen (secondary N) is 1. The van der Waals surface area contributed by atoms with E-state index >= 15 is 0 Å². The standard InChI is InChI=1S/C15H25N5O2.2ClH/c1-11(20-8-4-7-17-20)15(22)19(2)10-14(21)18-13-6-3-5-12(13)9-16;;/h4,7-8,11-13H,3,5-6,9-10,16H2,1-2H3,(H,18,21);2*1H. The Morgan fingerprint density at radius 3 is 2.71 bits per heavy atom. The van der Waals surface area contributed by atoms with E-state index < -0.39 is 6.04 Å². The lowest BCUT2D eigenvalue weighted by Crippen LogP contribution is -2.46. The monoisotopic (exact) mass is 379 g/mol. The van der Waals surface area contributed by atoms with E-state index in [1.54, 1.807) is 37.1 Å². The fraction of sp³-hybridized carbons (Fsp3) is 0.667. The van der Waals surface area contributed by atoms with E-state index in [-0.39, 0.29) is 49.2 Å². The minimum absolute atomic E-state index is 0. The maximum atomic E-state index is 12.3. The first-order valence-corrected chi connectivity index (χ1v) is 7.76. The molecule has 1 fully saturated rings.